The standard InChI is InChI=1S/C25H31N5O2/c1-3-4-9-19(2)24(31)29-16-14-28(15-17-29)23-25(32)30(18-20-10-6-5-7-11-20)22-21(27-23)12-8-13-26-22/h5-8,10-13,19H,3-4,9,14-18H2,1-2H3/t19-/m0/s1. The van der Waals surface area contributed by atoms with Gasteiger partial charge < -0.3 is 9.80 Å². The SMILES string of the molecule is CCCC[C@H](C)C(=O)N1CCN(c2nc3cccnc3n(Cc3ccccc3)c2=O)CC1. The monoisotopic (exact) mass is 433 g/mol. The molecule has 1 atom stereocenters. The summed E-state index contributed by atoms with van der Waals surface area (Å²) >= 11 is 0. The number of anilines is 1. The van der Waals surface area contributed by atoms with E-state index in [-0.39, 0.29) is 17.4 Å². The Balaban J connectivity index is 1.57. The molecule has 3 aromatic rings. The smallest absolute Gasteiger partial charge is 0.295 e. The molecular weight excluding hydrogens is 402 g/mol. The Morgan fingerprint density at radius 2 is 1.81 bits per heavy atom. The van der Waals surface area contributed by atoms with E-state index in [0.29, 0.717) is 49.7 Å². The van der Waals surface area contributed by atoms with Crippen molar-refractivity contribution < 1.29 is 4.79 Å². The third kappa shape index (κ3) is 4.66. The van der Waals surface area contributed by atoms with Gasteiger partial charge >= 0.3 is 0 Å². The van der Waals surface area contributed by atoms with Crippen LogP contribution >= 0.6 is 0 Å². The molecule has 0 radical (unpaired) electrons. The fraction of sp³-hybridized carbons (Fsp3) is 0.440. The first-order chi connectivity index (χ1) is 15.6. The van der Waals surface area contributed by atoms with Crippen molar-refractivity contribution in [3.63, 3.8) is 0 Å². The van der Waals surface area contributed by atoms with Crippen LogP contribution < -0.4 is 10.5 Å². The molecule has 3 heterocycles. The molecule has 4 rings (SSSR count). The van der Waals surface area contributed by atoms with E-state index in [1.165, 1.54) is 0 Å². The minimum Gasteiger partial charge on any atom is -0.348 e. The third-order valence-electron chi connectivity index (χ3n) is 6.17. The highest BCUT2D eigenvalue weighted by atomic mass is 16.2. The summed E-state index contributed by atoms with van der Waals surface area (Å²) in [6.45, 7) is 7.03. The molecule has 1 aliphatic rings. The fourth-order valence-corrected chi connectivity index (χ4v) is 4.27. The minimum atomic E-state index is -0.142. The molecule has 1 aromatic carbocycles. The lowest BCUT2D eigenvalue weighted by atomic mass is 10.0. The second-order valence-corrected chi connectivity index (χ2v) is 8.51. The van der Waals surface area contributed by atoms with Gasteiger partial charge in [-0.15, -0.1) is 0 Å². The van der Waals surface area contributed by atoms with Gasteiger partial charge in [0, 0.05) is 38.3 Å². The zero-order chi connectivity index (χ0) is 22.5. The summed E-state index contributed by atoms with van der Waals surface area (Å²) in [7, 11) is 0. The average molecular weight is 434 g/mol. The predicted octanol–water partition coefficient (Wildman–Crippen LogP) is 3.31. The van der Waals surface area contributed by atoms with Gasteiger partial charge in [-0.25, -0.2) is 9.97 Å². The van der Waals surface area contributed by atoms with Crippen molar-refractivity contribution >= 4 is 22.9 Å². The second kappa shape index (κ2) is 9.94. The van der Waals surface area contributed by atoms with E-state index >= 15 is 0 Å². The quantitative estimate of drug-likeness (QED) is 0.572. The average Bonchev–Trinajstić information content (AvgIpc) is 2.84. The Hall–Kier alpha value is -3.22. The predicted molar refractivity (Wildman–Crippen MR) is 127 cm³/mol. The molecule has 0 saturated carbocycles. The summed E-state index contributed by atoms with van der Waals surface area (Å²) < 4.78 is 1.71. The zero-order valence-corrected chi connectivity index (χ0v) is 18.9. The van der Waals surface area contributed by atoms with Gasteiger partial charge in [0.2, 0.25) is 5.91 Å². The number of pyridine rings is 1. The molecule has 0 unspecified atom stereocenters. The Labute approximate surface area is 188 Å². The van der Waals surface area contributed by atoms with E-state index in [2.05, 4.69) is 16.9 Å². The first-order valence-electron chi connectivity index (χ1n) is 11.5. The molecular formula is C25H31N5O2. The van der Waals surface area contributed by atoms with Crippen LogP contribution in [0.1, 0.15) is 38.7 Å². The van der Waals surface area contributed by atoms with E-state index in [9.17, 15) is 9.59 Å². The van der Waals surface area contributed by atoms with Gasteiger partial charge in [0.05, 0.1) is 6.54 Å². The zero-order valence-electron chi connectivity index (χ0n) is 18.9. The highest BCUT2D eigenvalue weighted by Crippen LogP contribution is 2.18. The van der Waals surface area contributed by atoms with E-state index in [4.69, 9.17) is 0 Å². The van der Waals surface area contributed by atoms with Crippen LogP contribution in [0, 0.1) is 5.92 Å². The van der Waals surface area contributed by atoms with E-state index in [1.807, 2.05) is 59.2 Å². The molecule has 0 aliphatic carbocycles. The summed E-state index contributed by atoms with van der Waals surface area (Å²) in [6.07, 6.45) is 4.79. The van der Waals surface area contributed by atoms with Crippen LogP contribution in [0.3, 0.4) is 0 Å². The Morgan fingerprint density at radius 1 is 1.06 bits per heavy atom. The summed E-state index contributed by atoms with van der Waals surface area (Å²) in [5.74, 6) is 0.706. The molecule has 7 nitrogen and oxygen atoms in total. The highest BCUT2D eigenvalue weighted by Gasteiger charge is 2.27. The number of benzene rings is 1. The molecule has 2 aromatic heterocycles. The van der Waals surface area contributed by atoms with E-state index < -0.39 is 0 Å². The minimum absolute atomic E-state index is 0.0504. The van der Waals surface area contributed by atoms with E-state index in [0.717, 1.165) is 24.8 Å². The van der Waals surface area contributed by atoms with Crippen molar-refractivity contribution in [2.45, 2.75) is 39.7 Å². The number of piperazine rings is 1. The largest absolute Gasteiger partial charge is 0.348 e. The molecule has 7 heteroatoms. The number of rotatable bonds is 7. The second-order valence-electron chi connectivity index (χ2n) is 8.51. The number of amides is 1. The molecule has 0 spiro atoms. The molecule has 1 amide bonds. The van der Waals surface area contributed by atoms with Crippen molar-refractivity contribution in [2.75, 3.05) is 31.1 Å². The molecule has 0 N–H and O–H groups in total. The molecule has 32 heavy (non-hydrogen) atoms. The lowest BCUT2D eigenvalue weighted by Crippen LogP contribution is -2.51. The van der Waals surface area contributed by atoms with Crippen molar-refractivity contribution in [2.24, 2.45) is 5.92 Å². The van der Waals surface area contributed by atoms with Gasteiger partial charge in [0.1, 0.15) is 5.52 Å². The molecule has 1 saturated heterocycles. The van der Waals surface area contributed by atoms with Gasteiger partial charge in [-0.1, -0.05) is 57.0 Å². The maximum absolute atomic E-state index is 13.5. The van der Waals surface area contributed by atoms with Crippen LogP contribution in [-0.2, 0) is 11.3 Å². The normalized spacial score (nSPS) is 15.2. The van der Waals surface area contributed by atoms with Crippen LogP contribution in [-0.4, -0.2) is 51.5 Å². The van der Waals surface area contributed by atoms with Gasteiger partial charge in [-0.05, 0) is 24.1 Å². The maximum Gasteiger partial charge on any atom is 0.295 e. The molecule has 1 aliphatic heterocycles. The summed E-state index contributed by atoms with van der Waals surface area (Å²) in [5.41, 5.74) is 2.18. The fourth-order valence-electron chi connectivity index (χ4n) is 4.27. The van der Waals surface area contributed by atoms with Crippen molar-refractivity contribution in [1.29, 1.82) is 0 Å². The first-order valence-corrected chi connectivity index (χ1v) is 11.5. The summed E-state index contributed by atoms with van der Waals surface area (Å²) in [6, 6.07) is 13.6. The van der Waals surface area contributed by atoms with Crippen LogP contribution in [0.15, 0.2) is 53.5 Å². The summed E-state index contributed by atoms with van der Waals surface area (Å²) in [5, 5.41) is 0. The number of fused-ring (bicyclic) bond motifs is 1. The van der Waals surface area contributed by atoms with Crippen LogP contribution in [0.25, 0.3) is 11.2 Å². The lowest BCUT2D eigenvalue weighted by molar-refractivity contribution is -0.135. The van der Waals surface area contributed by atoms with Gasteiger partial charge in [-0.2, -0.15) is 0 Å². The van der Waals surface area contributed by atoms with Crippen LogP contribution in [0.5, 0.6) is 0 Å². The molecule has 0 bridgehead atoms. The van der Waals surface area contributed by atoms with E-state index in [1.54, 1.807) is 10.8 Å². The number of nitrogens with zero attached hydrogens (tertiary/aromatic N) is 5. The van der Waals surface area contributed by atoms with Crippen molar-refractivity contribution in [1.82, 2.24) is 19.4 Å². The van der Waals surface area contributed by atoms with Gasteiger partial charge in [0.25, 0.3) is 5.56 Å². The van der Waals surface area contributed by atoms with Gasteiger partial charge in [-0.3, -0.25) is 14.2 Å². The number of hydrogen-bond acceptors (Lipinski definition) is 5. The number of carbonyl (C=O) groups excluding carboxylic acids is 1. The first kappa shape index (κ1) is 22.0. The molecule has 1 fully saturated rings. The van der Waals surface area contributed by atoms with Crippen LogP contribution in [0.4, 0.5) is 5.82 Å². The summed E-state index contributed by atoms with van der Waals surface area (Å²) in [4.78, 5) is 39.3. The number of carbonyl (C=O) groups is 1. The van der Waals surface area contributed by atoms with Gasteiger partial charge in [0.15, 0.2) is 11.5 Å². The number of unbranched alkanes of at least 4 members (excludes halogenated alkanes) is 1. The highest BCUT2D eigenvalue weighted by molar-refractivity contribution is 5.79. The van der Waals surface area contributed by atoms with Crippen molar-refractivity contribution in [3.8, 4) is 0 Å². The molecule has 168 valence electrons. The Morgan fingerprint density at radius 3 is 2.53 bits per heavy atom. The Bertz CT molecular complexity index is 1120. The number of hydrogen-bond donors (Lipinski definition) is 0. The maximum atomic E-state index is 13.5. The topological polar surface area (TPSA) is 71.3 Å². The van der Waals surface area contributed by atoms with Crippen molar-refractivity contribution in [3.05, 3.63) is 64.6 Å². The number of aromatic nitrogens is 3. The lowest BCUT2D eigenvalue weighted by Gasteiger charge is -2.36. The third-order valence-corrected chi connectivity index (χ3v) is 6.17. The Kier molecular flexibility index (Phi) is 6.83. The van der Waals surface area contributed by atoms with Crippen LogP contribution in [0.2, 0.25) is 0 Å².